The molecule has 0 saturated carbocycles. The van der Waals surface area contributed by atoms with E-state index in [0.29, 0.717) is 11.1 Å². The van der Waals surface area contributed by atoms with Crippen molar-refractivity contribution in [3.8, 4) is 0 Å². The van der Waals surface area contributed by atoms with Crippen LogP contribution in [-0.2, 0) is 15.8 Å². The summed E-state index contributed by atoms with van der Waals surface area (Å²) in [5.74, 6) is -0.521. The molecule has 4 nitrogen and oxygen atoms in total. The molecule has 1 aromatic carbocycles. The van der Waals surface area contributed by atoms with Gasteiger partial charge in [-0.05, 0) is 30.2 Å². The van der Waals surface area contributed by atoms with Crippen LogP contribution in [0.15, 0.2) is 18.2 Å². The van der Waals surface area contributed by atoms with E-state index in [1.807, 2.05) is 0 Å². The number of nitrogens with one attached hydrogen (secondary N) is 1. The number of nitrogens with two attached hydrogens (primary N) is 1. The molecule has 3 N–H and O–H groups in total. The molecule has 6 heteroatoms. The van der Waals surface area contributed by atoms with Crippen LogP contribution in [0.3, 0.4) is 0 Å². The Hall–Kier alpha value is -0.980. The van der Waals surface area contributed by atoms with Crippen LogP contribution in [0, 0.1) is 12.7 Å². The first-order chi connectivity index (χ1) is 7.44. The molecule has 0 atom stereocenters. The van der Waals surface area contributed by atoms with Crippen molar-refractivity contribution in [2.75, 3.05) is 13.1 Å². The van der Waals surface area contributed by atoms with Crippen molar-refractivity contribution in [1.29, 1.82) is 0 Å². The number of halogens is 1. The molecule has 0 amide bonds. The van der Waals surface area contributed by atoms with E-state index in [1.165, 1.54) is 18.2 Å². The van der Waals surface area contributed by atoms with Gasteiger partial charge in [0.05, 0.1) is 5.75 Å². The first-order valence-corrected chi connectivity index (χ1v) is 6.52. The molecule has 0 heterocycles. The second-order valence-corrected chi connectivity index (χ2v) is 5.32. The van der Waals surface area contributed by atoms with E-state index in [4.69, 9.17) is 5.73 Å². The van der Waals surface area contributed by atoms with Crippen molar-refractivity contribution in [1.82, 2.24) is 4.72 Å². The van der Waals surface area contributed by atoms with E-state index in [0.717, 1.165) is 0 Å². The third kappa shape index (κ3) is 3.88. The van der Waals surface area contributed by atoms with Crippen LogP contribution >= 0.6 is 0 Å². The van der Waals surface area contributed by atoms with Crippen LogP contribution in [-0.4, -0.2) is 21.5 Å². The van der Waals surface area contributed by atoms with E-state index < -0.39 is 10.0 Å². The number of rotatable bonds is 5. The van der Waals surface area contributed by atoms with Crippen LogP contribution in [0.2, 0.25) is 0 Å². The van der Waals surface area contributed by atoms with Gasteiger partial charge in [0.25, 0.3) is 0 Å². The van der Waals surface area contributed by atoms with Gasteiger partial charge in [0.2, 0.25) is 10.0 Å². The Morgan fingerprint density at radius 2 is 2.12 bits per heavy atom. The van der Waals surface area contributed by atoms with Crippen molar-refractivity contribution >= 4 is 10.0 Å². The first kappa shape index (κ1) is 13.1. The predicted octanol–water partition coefficient (Wildman–Crippen LogP) is 0.512. The second-order valence-electron chi connectivity index (χ2n) is 3.51. The Kier molecular flexibility index (Phi) is 4.40. The monoisotopic (exact) mass is 246 g/mol. The second kappa shape index (κ2) is 5.38. The SMILES string of the molecule is Cc1cc(F)ccc1CS(=O)(=O)NCCN. The van der Waals surface area contributed by atoms with Gasteiger partial charge in [-0.3, -0.25) is 0 Å². The number of hydrogen-bond acceptors (Lipinski definition) is 3. The van der Waals surface area contributed by atoms with Gasteiger partial charge in [0.15, 0.2) is 0 Å². The molecular weight excluding hydrogens is 231 g/mol. The Balaban J connectivity index is 2.80. The van der Waals surface area contributed by atoms with Gasteiger partial charge < -0.3 is 5.73 Å². The lowest BCUT2D eigenvalue weighted by Gasteiger charge is -2.08. The lowest BCUT2D eigenvalue weighted by Crippen LogP contribution is -2.30. The Bertz CT molecular complexity index is 460. The van der Waals surface area contributed by atoms with Crippen LogP contribution < -0.4 is 10.5 Å². The predicted molar refractivity (Wildman–Crippen MR) is 60.8 cm³/mol. The number of benzene rings is 1. The molecule has 0 aliphatic heterocycles. The van der Waals surface area contributed by atoms with Gasteiger partial charge in [-0.25, -0.2) is 17.5 Å². The largest absolute Gasteiger partial charge is 0.329 e. The first-order valence-electron chi connectivity index (χ1n) is 4.87. The molecule has 0 bridgehead atoms. The van der Waals surface area contributed by atoms with E-state index in [-0.39, 0.29) is 24.7 Å². The van der Waals surface area contributed by atoms with Crippen molar-refractivity contribution in [2.24, 2.45) is 5.73 Å². The van der Waals surface area contributed by atoms with Gasteiger partial charge in [0, 0.05) is 13.1 Å². The van der Waals surface area contributed by atoms with Crippen molar-refractivity contribution in [3.05, 3.63) is 35.1 Å². The highest BCUT2D eigenvalue weighted by Crippen LogP contribution is 2.12. The maximum atomic E-state index is 12.8. The summed E-state index contributed by atoms with van der Waals surface area (Å²) in [7, 11) is -3.38. The normalized spacial score (nSPS) is 11.7. The molecule has 0 unspecified atom stereocenters. The molecule has 0 aromatic heterocycles. The smallest absolute Gasteiger partial charge is 0.215 e. The van der Waals surface area contributed by atoms with Crippen LogP contribution in [0.1, 0.15) is 11.1 Å². The third-order valence-corrected chi connectivity index (χ3v) is 3.45. The fourth-order valence-electron chi connectivity index (χ4n) is 1.29. The molecule has 1 aromatic rings. The molecule has 0 fully saturated rings. The third-order valence-electron chi connectivity index (χ3n) is 2.12. The highest BCUT2D eigenvalue weighted by atomic mass is 32.2. The minimum absolute atomic E-state index is 0.154. The molecular formula is C10H15FN2O2S. The van der Waals surface area contributed by atoms with Crippen LogP contribution in [0.5, 0.6) is 0 Å². The highest BCUT2D eigenvalue weighted by molar-refractivity contribution is 7.88. The zero-order valence-corrected chi connectivity index (χ0v) is 9.85. The molecule has 0 spiro atoms. The summed E-state index contributed by atoms with van der Waals surface area (Å²) in [5.41, 5.74) is 6.41. The Labute approximate surface area is 94.7 Å². The maximum Gasteiger partial charge on any atom is 0.215 e. The lowest BCUT2D eigenvalue weighted by molar-refractivity contribution is 0.580. The highest BCUT2D eigenvalue weighted by Gasteiger charge is 2.12. The zero-order valence-electron chi connectivity index (χ0n) is 9.03. The van der Waals surface area contributed by atoms with E-state index in [2.05, 4.69) is 4.72 Å². The minimum atomic E-state index is -3.38. The Morgan fingerprint density at radius 3 is 2.69 bits per heavy atom. The Morgan fingerprint density at radius 1 is 1.44 bits per heavy atom. The number of hydrogen-bond donors (Lipinski definition) is 2. The summed E-state index contributed by atoms with van der Waals surface area (Å²) in [6.45, 7) is 2.14. The van der Waals surface area contributed by atoms with E-state index >= 15 is 0 Å². The molecule has 0 aliphatic rings. The zero-order chi connectivity index (χ0) is 12.2. The summed E-state index contributed by atoms with van der Waals surface area (Å²) in [6, 6.07) is 4.04. The standard InChI is InChI=1S/C10H15FN2O2S/c1-8-6-10(11)3-2-9(8)7-16(14,15)13-5-4-12/h2-3,6,13H,4-5,7,12H2,1H3. The fourth-order valence-corrected chi connectivity index (χ4v) is 2.56. The van der Waals surface area contributed by atoms with Crippen molar-refractivity contribution < 1.29 is 12.8 Å². The van der Waals surface area contributed by atoms with Gasteiger partial charge in [-0.1, -0.05) is 6.07 Å². The van der Waals surface area contributed by atoms with Gasteiger partial charge in [-0.15, -0.1) is 0 Å². The van der Waals surface area contributed by atoms with Crippen LogP contribution in [0.4, 0.5) is 4.39 Å². The lowest BCUT2D eigenvalue weighted by atomic mass is 10.1. The molecule has 1 rings (SSSR count). The summed E-state index contributed by atoms with van der Waals surface area (Å²) in [4.78, 5) is 0. The van der Waals surface area contributed by atoms with Crippen LogP contribution in [0.25, 0.3) is 0 Å². The topological polar surface area (TPSA) is 72.2 Å². The average molecular weight is 246 g/mol. The average Bonchev–Trinajstić information content (AvgIpc) is 2.19. The molecule has 90 valence electrons. The summed E-state index contributed by atoms with van der Waals surface area (Å²) >= 11 is 0. The van der Waals surface area contributed by atoms with Gasteiger partial charge in [-0.2, -0.15) is 0 Å². The minimum Gasteiger partial charge on any atom is -0.329 e. The van der Waals surface area contributed by atoms with Crippen molar-refractivity contribution in [2.45, 2.75) is 12.7 Å². The van der Waals surface area contributed by atoms with Gasteiger partial charge in [0.1, 0.15) is 5.82 Å². The van der Waals surface area contributed by atoms with E-state index in [9.17, 15) is 12.8 Å². The quantitative estimate of drug-likeness (QED) is 0.795. The number of sulfonamides is 1. The van der Waals surface area contributed by atoms with E-state index in [1.54, 1.807) is 6.92 Å². The molecule has 16 heavy (non-hydrogen) atoms. The molecule has 0 aliphatic carbocycles. The van der Waals surface area contributed by atoms with Gasteiger partial charge >= 0.3 is 0 Å². The summed E-state index contributed by atoms with van der Waals surface area (Å²) in [6.07, 6.45) is 0. The fraction of sp³-hybridized carbons (Fsp3) is 0.400. The summed E-state index contributed by atoms with van der Waals surface area (Å²) in [5, 5.41) is 0. The summed E-state index contributed by atoms with van der Waals surface area (Å²) < 4.78 is 38.2. The van der Waals surface area contributed by atoms with Crippen molar-refractivity contribution in [3.63, 3.8) is 0 Å². The molecule has 0 saturated heterocycles. The molecule has 0 radical (unpaired) electrons. The maximum absolute atomic E-state index is 12.8. The number of aryl methyl sites for hydroxylation is 1.